The third kappa shape index (κ3) is 5.64. The van der Waals surface area contributed by atoms with Gasteiger partial charge in [0.05, 0.1) is 23.2 Å². The number of aliphatic hydroxyl groups excluding tert-OH is 1. The third-order valence-corrected chi connectivity index (χ3v) is 9.87. The first kappa shape index (κ1) is 25.4. The van der Waals surface area contributed by atoms with Crippen LogP contribution in [0.2, 0.25) is 0 Å². The quantitative estimate of drug-likeness (QED) is 0.144. The third-order valence-electron chi connectivity index (χ3n) is 6.55. The van der Waals surface area contributed by atoms with E-state index in [1.807, 2.05) is 28.7 Å². The van der Waals surface area contributed by atoms with Gasteiger partial charge < -0.3 is 15.3 Å². The standard InChI is InChI=1S/C21H32IN3O6S/c1-3-4-5-6-9-25(2)19(28)16-11-13(26)10-15(16)18(27)23-21(12-17(21)22)20(29)24-32(30,31)14-7-8-14/h3,13-17,26H,1,4-12H2,2H3,(H,23,27)(H,24,29)/t13-,15+,16+,17+,21+/m0/s1. The molecule has 3 aliphatic rings. The molecule has 5 atom stereocenters. The molecule has 3 aliphatic carbocycles. The van der Waals surface area contributed by atoms with Crippen molar-refractivity contribution in [3.05, 3.63) is 12.7 Å². The molecule has 11 heteroatoms. The van der Waals surface area contributed by atoms with E-state index in [1.165, 1.54) is 0 Å². The Morgan fingerprint density at radius 3 is 2.41 bits per heavy atom. The summed E-state index contributed by atoms with van der Waals surface area (Å²) in [6.07, 6.45) is 5.36. The van der Waals surface area contributed by atoms with Gasteiger partial charge in [0.25, 0.3) is 5.91 Å². The van der Waals surface area contributed by atoms with E-state index in [4.69, 9.17) is 0 Å². The van der Waals surface area contributed by atoms with Crippen molar-refractivity contribution in [2.45, 2.75) is 72.2 Å². The second-order valence-corrected chi connectivity index (χ2v) is 12.7. The maximum Gasteiger partial charge on any atom is 0.260 e. The van der Waals surface area contributed by atoms with E-state index < -0.39 is 50.6 Å². The lowest BCUT2D eigenvalue weighted by molar-refractivity contribution is -0.140. The summed E-state index contributed by atoms with van der Waals surface area (Å²) in [5.74, 6) is -2.84. The average Bonchev–Trinajstić information content (AvgIpc) is 3.63. The lowest BCUT2D eigenvalue weighted by Gasteiger charge is -2.26. The Labute approximate surface area is 202 Å². The summed E-state index contributed by atoms with van der Waals surface area (Å²) in [6, 6.07) is 0. The average molecular weight is 581 g/mol. The zero-order valence-electron chi connectivity index (χ0n) is 18.3. The highest BCUT2D eigenvalue weighted by Gasteiger charge is 2.62. The summed E-state index contributed by atoms with van der Waals surface area (Å²) in [7, 11) is -2.04. The van der Waals surface area contributed by atoms with Gasteiger partial charge in [0, 0.05) is 17.5 Å². The molecule has 9 nitrogen and oxygen atoms in total. The van der Waals surface area contributed by atoms with Crippen molar-refractivity contribution >= 4 is 50.3 Å². The van der Waals surface area contributed by atoms with E-state index in [0.717, 1.165) is 19.3 Å². The first-order chi connectivity index (χ1) is 15.0. The number of hydrogen-bond donors (Lipinski definition) is 3. The Hall–Kier alpha value is -1.21. The molecule has 3 N–H and O–H groups in total. The number of hydrogen-bond acceptors (Lipinski definition) is 6. The second kappa shape index (κ2) is 9.96. The molecule has 3 rings (SSSR count). The number of alkyl halides is 1. The molecule has 0 aromatic carbocycles. The van der Waals surface area contributed by atoms with E-state index in [1.54, 1.807) is 11.9 Å². The molecule has 0 bridgehead atoms. The molecule has 3 saturated carbocycles. The molecule has 180 valence electrons. The Bertz CT molecular complexity index is 877. The van der Waals surface area contributed by atoms with Crippen molar-refractivity contribution in [3.8, 4) is 0 Å². The number of carbonyl (C=O) groups excluding carboxylic acids is 3. The fraction of sp³-hybridized carbons (Fsp3) is 0.762. The van der Waals surface area contributed by atoms with E-state index in [0.29, 0.717) is 25.8 Å². The topological polar surface area (TPSA) is 133 Å². The number of allylic oxidation sites excluding steroid dienone is 1. The number of rotatable bonds is 11. The van der Waals surface area contributed by atoms with E-state index in [-0.39, 0.29) is 22.7 Å². The van der Waals surface area contributed by atoms with Crippen LogP contribution in [0.15, 0.2) is 12.7 Å². The maximum absolute atomic E-state index is 13.1. The van der Waals surface area contributed by atoms with Gasteiger partial charge in [-0.15, -0.1) is 6.58 Å². The molecule has 0 aromatic heterocycles. The van der Waals surface area contributed by atoms with Gasteiger partial charge in [-0.25, -0.2) is 8.42 Å². The van der Waals surface area contributed by atoms with E-state index >= 15 is 0 Å². The number of unbranched alkanes of at least 4 members (excludes halogenated alkanes) is 2. The molecule has 3 fully saturated rings. The molecule has 0 radical (unpaired) electrons. The predicted octanol–water partition coefficient (Wildman–Crippen LogP) is 0.859. The number of carbonyl (C=O) groups is 3. The van der Waals surface area contributed by atoms with Crippen molar-refractivity contribution in [2.24, 2.45) is 11.8 Å². The number of amides is 3. The summed E-state index contributed by atoms with van der Waals surface area (Å²) in [4.78, 5) is 40.4. The van der Waals surface area contributed by atoms with Crippen molar-refractivity contribution in [1.29, 1.82) is 0 Å². The molecular formula is C21H32IN3O6S. The van der Waals surface area contributed by atoms with Crippen LogP contribution >= 0.6 is 22.6 Å². The summed E-state index contributed by atoms with van der Waals surface area (Å²) in [6.45, 7) is 4.23. The van der Waals surface area contributed by atoms with Gasteiger partial charge in [0.1, 0.15) is 5.54 Å². The number of sulfonamides is 1. The largest absolute Gasteiger partial charge is 0.393 e. The summed E-state index contributed by atoms with van der Waals surface area (Å²) in [5.41, 5.74) is -1.29. The monoisotopic (exact) mass is 581 g/mol. The Balaban J connectivity index is 1.63. The van der Waals surface area contributed by atoms with Gasteiger partial charge in [-0.2, -0.15) is 0 Å². The van der Waals surface area contributed by atoms with Gasteiger partial charge in [0.2, 0.25) is 21.8 Å². The van der Waals surface area contributed by atoms with Crippen molar-refractivity contribution in [3.63, 3.8) is 0 Å². The van der Waals surface area contributed by atoms with Crippen LogP contribution in [0.1, 0.15) is 51.4 Å². The molecule has 0 aliphatic heterocycles. The zero-order valence-corrected chi connectivity index (χ0v) is 21.2. The molecule has 0 saturated heterocycles. The van der Waals surface area contributed by atoms with E-state index in [9.17, 15) is 27.9 Å². The minimum Gasteiger partial charge on any atom is -0.393 e. The maximum atomic E-state index is 13.1. The van der Waals surface area contributed by atoms with Gasteiger partial charge in [-0.1, -0.05) is 28.7 Å². The lowest BCUT2D eigenvalue weighted by atomic mass is 9.93. The smallest absolute Gasteiger partial charge is 0.260 e. The number of nitrogens with zero attached hydrogens (tertiary/aromatic N) is 1. The van der Waals surface area contributed by atoms with Crippen LogP contribution in [0.5, 0.6) is 0 Å². The van der Waals surface area contributed by atoms with Crippen molar-refractivity contribution in [2.75, 3.05) is 13.6 Å². The van der Waals surface area contributed by atoms with Crippen LogP contribution in [0.3, 0.4) is 0 Å². The highest BCUT2D eigenvalue weighted by Crippen LogP contribution is 2.45. The van der Waals surface area contributed by atoms with Crippen LogP contribution in [-0.2, 0) is 24.4 Å². The van der Waals surface area contributed by atoms with Crippen molar-refractivity contribution in [1.82, 2.24) is 14.9 Å². The van der Waals surface area contributed by atoms with Crippen LogP contribution in [0.25, 0.3) is 0 Å². The van der Waals surface area contributed by atoms with Gasteiger partial charge >= 0.3 is 0 Å². The van der Waals surface area contributed by atoms with Crippen LogP contribution in [-0.4, -0.2) is 70.6 Å². The minimum absolute atomic E-state index is 0.135. The Kier molecular flexibility index (Phi) is 7.91. The summed E-state index contributed by atoms with van der Waals surface area (Å²) in [5, 5.41) is 12.4. The van der Waals surface area contributed by atoms with Crippen LogP contribution < -0.4 is 10.0 Å². The Morgan fingerprint density at radius 2 is 1.84 bits per heavy atom. The second-order valence-electron chi connectivity index (χ2n) is 9.19. The Morgan fingerprint density at radius 1 is 1.22 bits per heavy atom. The molecule has 0 spiro atoms. The zero-order chi connectivity index (χ0) is 23.7. The summed E-state index contributed by atoms with van der Waals surface area (Å²) < 4.78 is 26.2. The SMILES string of the molecule is C=CCCCCN(C)C(=O)[C@@H]1C[C@@H](O)C[C@H]1C(=O)N[C@]1(C(=O)NS(=O)(=O)C2CC2)C[C@H]1I. The molecule has 3 amide bonds. The lowest BCUT2D eigenvalue weighted by Crippen LogP contribution is -2.54. The van der Waals surface area contributed by atoms with Crippen molar-refractivity contribution < 1.29 is 27.9 Å². The van der Waals surface area contributed by atoms with E-state index in [2.05, 4.69) is 16.6 Å². The number of halogens is 1. The van der Waals surface area contributed by atoms with Crippen LogP contribution in [0.4, 0.5) is 0 Å². The normalized spacial score (nSPS) is 31.6. The minimum atomic E-state index is -3.73. The van der Waals surface area contributed by atoms with Gasteiger partial charge in [-0.05, 0) is 51.4 Å². The molecular weight excluding hydrogens is 549 g/mol. The fourth-order valence-corrected chi connectivity index (χ4v) is 6.74. The van der Waals surface area contributed by atoms with Gasteiger partial charge in [-0.3, -0.25) is 19.1 Å². The molecule has 0 aromatic rings. The highest BCUT2D eigenvalue weighted by atomic mass is 127. The number of aliphatic hydroxyl groups is 1. The molecule has 32 heavy (non-hydrogen) atoms. The summed E-state index contributed by atoms with van der Waals surface area (Å²) >= 11 is 2.02. The number of nitrogens with one attached hydrogen (secondary N) is 2. The predicted molar refractivity (Wildman–Crippen MR) is 127 cm³/mol. The molecule has 0 unspecified atom stereocenters. The first-order valence-corrected chi connectivity index (χ1v) is 13.9. The highest BCUT2D eigenvalue weighted by molar-refractivity contribution is 14.1. The fourth-order valence-electron chi connectivity index (χ4n) is 4.24. The van der Waals surface area contributed by atoms with Crippen LogP contribution in [0, 0.1) is 11.8 Å². The first-order valence-electron chi connectivity index (χ1n) is 11.1. The van der Waals surface area contributed by atoms with Gasteiger partial charge in [0.15, 0.2) is 0 Å². The molecule has 0 heterocycles.